The molecule has 0 radical (unpaired) electrons. The smallest absolute Gasteiger partial charge is 0.0445 e. The standard InChI is InChI=1S/C18H33N3/c1-7-16(8-2)13-21(9-3)18-10-15(6)20-12-17(18)11-19-14(4)5/h10,12,14,16,19H,7-9,11,13H2,1-6H3. The highest BCUT2D eigenvalue weighted by Gasteiger charge is 2.15. The van der Waals surface area contributed by atoms with Gasteiger partial charge in [0.25, 0.3) is 0 Å². The van der Waals surface area contributed by atoms with Crippen molar-refractivity contribution in [1.82, 2.24) is 10.3 Å². The fourth-order valence-electron chi connectivity index (χ4n) is 2.57. The molecular weight excluding hydrogens is 258 g/mol. The van der Waals surface area contributed by atoms with Gasteiger partial charge in [-0.15, -0.1) is 0 Å². The van der Waals surface area contributed by atoms with Crippen molar-refractivity contribution in [3.05, 3.63) is 23.5 Å². The summed E-state index contributed by atoms with van der Waals surface area (Å²) in [6.45, 7) is 16.4. The van der Waals surface area contributed by atoms with E-state index in [2.05, 4.69) is 62.8 Å². The van der Waals surface area contributed by atoms with Gasteiger partial charge < -0.3 is 10.2 Å². The Bertz CT molecular complexity index is 411. The van der Waals surface area contributed by atoms with Crippen LogP contribution < -0.4 is 10.2 Å². The van der Waals surface area contributed by atoms with Gasteiger partial charge in [-0.3, -0.25) is 4.98 Å². The third-order valence-corrected chi connectivity index (χ3v) is 4.16. The fourth-order valence-corrected chi connectivity index (χ4v) is 2.57. The molecular formula is C18H33N3. The molecule has 3 heteroatoms. The Hall–Kier alpha value is -1.09. The second-order valence-electron chi connectivity index (χ2n) is 6.21. The van der Waals surface area contributed by atoms with E-state index in [0.29, 0.717) is 6.04 Å². The van der Waals surface area contributed by atoms with Gasteiger partial charge in [0.15, 0.2) is 0 Å². The van der Waals surface area contributed by atoms with Gasteiger partial charge in [0, 0.05) is 48.8 Å². The molecule has 0 aliphatic heterocycles. The average molecular weight is 291 g/mol. The minimum absolute atomic E-state index is 0.494. The van der Waals surface area contributed by atoms with Crippen LogP contribution in [0, 0.1) is 12.8 Å². The summed E-state index contributed by atoms with van der Waals surface area (Å²) in [5, 5.41) is 3.52. The number of hydrogen-bond donors (Lipinski definition) is 1. The Balaban J connectivity index is 2.97. The van der Waals surface area contributed by atoms with Crippen LogP contribution in [0.25, 0.3) is 0 Å². The topological polar surface area (TPSA) is 28.2 Å². The van der Waals surface area contributed by atoms with Gasteiger partial charge in [0.1, 0.15) is 0 Å². The molecule has 0 amide bonds. The van der Waals surface area contributed by atoms with Crippen LogP contribution in [0.4, 0.5) is 5.69 Å². The molecule has 1 heterocycles. The maximum atomic E-state index is 4.49. The predicted octanol–water partition coefficient (Wildman–Crippen LogP) is 4.15. The number of aryl methyl sites for hydroxylation is 1. The highest BCUT2D eigenvalue weighted by Crippen LogP contribution is 2.23. The minimum atomic E-state index is 0.494. The zero-order valence-corrected chi connectivity index (χ0v) is 14.7. The maximum absolute atomic E-state index is 4.49. The molecule has 3 nitrogen and oxygen atoms in total. The number of aromatic nitrogens is 1. The molecule has 1 rings (SSSR count). The zero-order valence-electron chi connectivity index (χ0n) is 14.7. The van der Waals surface area contributed by atoms with Crippen LogP contribution >= 0.6 is 0 Å². The van der Waals surface area contributed by atoms with Gasteiger partial charge in [-0.05, 0) is 25.8 Å². The highest BCUT2D eigenvalue weighted by molar-refractivity contribution is 5.53. The lowest BCUT2D eigenvalue weighted by Gasteiger charge is -2.29. The Kier molecular flexibility index (Phi) is 7.73. The Morgan fingerprint density at radius 2 is 1.86 bits per heavy atom. The lowest BCUT2D eigenvalue weighted by atomic mass is 10.0. The molecule has 120 valence electrons. The zero-order chi connectivity index (χ0) is 15.8. The minimum Gasteiger partial charge on any atom is -0.371 e. The summed E-state index contributed by atoms with van der Waals surface area (Å²) >= 11 is 0. The van der Waals surface area contributed by atoms with Crippen LogP contribution in [-0.4, -0.2) is 24.1 Å². The lowest BCUT2D eigenvalue weighted by Crippen LogP contribution is -2.31. The number of nitrogens with one attached hydrogen (secondary N) is 1. The van der Waals surface area contributed by atoms with Crippen LogP contribution in [0.3, 0.4) is 0 Å². The van der Waals surface area contributed by atoms with E-state index < -0.39 is 0 Å². The van der Waals surface area contributed by atoms with Crippen molar-refractivity contribution in [2.45, 2.75) is 67.0 Å². The summed E-state index contributed by atoms with van der Waals surface area (Å²) in [5.41, 5.74) is 3.76. The molecule has 1 aromatic rings. The molecule has 0 unspecified atom stereocenters. The summed E-state index contributed by atoms with van der Waals surface area (Å²) in [6, 6.07) is 2.73. The van der Waals surface area contributed by atoms with Crippen LogP contribution in [0.2, 0.25) is 0 Å². The molecule has 0 aliphatic carbocycles. The normalized spacial score (nSPS) is 11.4. The monoisotopic (exact) mass is 291 g/mol. The first-order chi connectivity index (χ1) is 10.0. The van der Waals surface area contributed by atoms with Gasteiger partial charge in [0.2, 0.25) is 0 Å². The number of pyridine rings is 1. The van der Waals surface area contributed by atoms with E-state index in [4.69, 9.17) is 0 Å². The third-order valence-electron chi connectivity index (χ3n) is 4.16. The number of rotatable bonds is 9. The van der Waals surface area contributed by atoms with E-state index in [1.165, 1.54) is 24.1 Å². The van der Waals surface area contributed by atoms with Crippen LogP contribution in [0.15, 0.2) is 12.3 Å². The molecule has 0 spiro atoms. The first-order valence-corrected chi connectivity index (χ1v) is 8.45. The summed E-state index contributed by atoms with van der Waals surface area (Å²) in [6.07, 6.45) is 4.53. The maximum Gasteiger partial charge on any atom is 0.0445 e. The summed E-state index contributed by atoms with van der Waals surface area (Å²) < 4.78 is 0. The van der Waals surface area contributed by atoms with Crippen molar-refractivity contribution >= 4 is 5.69 Å². The average Bonchev–Trinajstić information content (AvgIpc) is 2.47. The third kappa shape index (κ3) is 5.66. The van der Waals surface area contributed by atoms with E-state index in [1.54, 1.807) is 0 Å². The number of hydrogen-bond acceptors (Lipinski definition) is 3. The molecule has 1 aromatic heterocycles. The Morgan fingerprint density at radius 1 is 1.19 bits per heavy atom. The van der Waals surface area contributed by atoms with Crippen LogP contribution in [0.1, 0.15) is 58.7 Å². The quantitative estimate of drug-likeness (QED) is 0.741. The van der Waals surface area contributed by atoms with Gasteiger partial charge in [-0.1, -0.05) is 40.5 Å². The molecule has 0 aromatic carbocycles. The van der Waals surface area contributed by atoms with Crippen molar-refractivity contribution in [3.8, 4) is 0 Å². The lowest BCUT2D eigenvalue weighted by molar-refractivity contribution is 0.485. The molecule has 1 N–H and O–H groups in total. The Morgan fingerprint density at radius 3 is 2.38 bits per heavy atom. The van der Waals surface area contributed by atoms with Crippen molar-refractivity contribution in [3.63, 3.8) is 0 Å². The van der Waals surface area contributed by atoms with Crippen molar-refractivity contribution < 1.29 is 0 Å². The molecule has 0 saturated carbocycles. The van der Waals surface area contributed by atoms with Crippen molar-refractivity contribution in [1.29, 1.82) is 0 Å². The molecule has 0 saturated heterocycles. The van der Waals surface area contributed by atoms with E-state index in [-0.39, 0.29) is 0 Å². The second kappa shape index (κ2) is 9.04. The summed E-state index contributed by atoms with van der Waals surface area (Å²) in [7, 11) is 0. The number of anilines is 1. The van der Waals surface area contributed by atoms with E-state index in [9.17, 15) is 0 Å². The fraction of sp³-hybridized carbons (Fsp3) is 0.722. The highest BCUT2D eigenvalue weighted by atomic mass is 15.1. The van der Waals surface area contributed by atoms with E-state index in [1.807, 2.05) is 6.20 Å². The first-order valence-electron chi connectivity index (χ1n) is 8.45. The van der Waals surface area contributed by atoms with E-state index in [0.717, 1.165) is 31.2 Å². The summed E-state index contributed by atoms with van der Waals surface area (Å²) in [4.78, 5) is 7.00. The molecule has 0 aliphatic rings. The first kappa shape index (κ1) is 18.0. The van der Waals surface area contributed by atoms with Gasteiger partial charge >= 0.3 is 0 Å². The van der Waals surface area contributed by atoms with Crippen molar-refractivity contribution in [2.75, 3.05) is 18.0 Å². The molecule has 21 heavy (non-hydrogen) atoms. The van der Waals surface area contributed by atoms with Gasteiger partial charge in [0.05, 0.1) is 0 Å². The predicted molar refractivity (Wildman–Crippen MR) is 92.9 cm³/mol. The Labute approximate surface area is 131 Å². The van der Waals surface area contributed by atoms with Gasteiger partial charge in [-0.2, -0.15) is 0 Å². The van der Waals surface area contributed by atoms with Gasteiger partial charge in [-0.25, -0.2) is 0 Å². The van der Waals surface area contributed by atoms with Crippen LogP contribution in [-0.2, 0) is 6.54 Å². The molecule has 0 atom stereocenters. The second-order valence-corrected chi connectivity index (χ2v) is 6.21. The molecule has 0 bridgehead atoms. The summed E-state index contributed by atoms with van der Waals surface area (Å²) in [5.74, 6) is 0.768. The SMILES string of the molecule is CCC(CC)CN(CC)c1cc(C)ncc1CNC(C)C. The van der Waals surface area contributed by atoms with E-state index >= 15 is 0 Å². The molecule has 0 fully saturated rings. The van der Waals surface area contributed by atoms with Crippen molar-refractivity contribution in [2.24, 2.45) is 5.92 Å². The number of nitrogens with zero attached hydrogens (tertiary/aromatic N) is 2. The largest absolute Gasteiger partial charge is 0.371 e. The van der Waals surface area contributed by atoms with Crippen LogP contribution in [0.5, 0.6) is 0 Å².